The molecule has 0 bridgehead atoms. The van der Waals surface area contributed by atoms with Gasteiger partial charge in [-0.25, -0.2) is 4.79 Å². The van der Waals surface area contributed by atoms with E-state index >= 15 is 0 Å². The first-order valence-corrected chi connectivity index (χ1v) is 9.90. The maximum Gasteiger partial charge on any atom is 0.336 e. The Hall–Kier alpha value is -2.29. The molecular formula is C24H32O3. The number of fused-ring (bicyclic) bond motifs is 1. The summed E-state index contributed by atoms with van der Waals surface area (Å²) in [4.78, 5) is 12.0. The molecule has 0 aliphatic rings. The average Bonchev–Trinajstić information content (AvgIpc) is 2.61. The molecule has 27 heavy (non-hydrogen) atoms. The van der Waals surface area contributed by atoms with E-state index in [0.29, 0.717) is 12.2 Å². The number of ether oxygens (including phenoxy) is 1. The molecule has 0 radical (unpaired) electrons. The third-order valence-electron chi connectivity index (χ3n) is 4.76. The highest BCUT2D eigenvalue weighted by Crippen LogP contribution is 2.29. The minimum Gasteiger partial charge on any atom is -0.489 e. The molecule has 2 rings (SSSR count). The van der Waals surface area contributed by atoms with Crippen LogP contribution in [0.5, 0.6) is 5.75 Å². The topological polar surface area (TPSA) is 39.4 Å². The molecule has 0 unspecified atom stereocenters. The second-order valence-electron chi connectivity index (χ2n) is 7.44. The van der Waals surface area contributed by atoms with Gasteiger partial charge in [0.15, 0.2) is 0 Å². The van der Waals surface area contributed by atoms with E-state index in [1.165, 1.54) is 11.1 Å². The summed E-state index contributed by atoms with van der Waals surface area (Å²) < 4.78 is 11.4. The number of allylic oxidation sites excluding steroid dienone is 3. The summed E-state index contributed by atoms with van der Waals surface area (Å²) in [6.45, 7) is 11.0. The normalized spacial score (nSPS) is 11.7. The fraction of sp³-hybridized carbons (Fsp3) is 0.458. The second-order valence-corrected chi connectivity index (χ2v) is 7.44. The third kappa shape index (κ3) is 6.13. The third-order valence-corrected chi connectivity index (χ3v) is 4.76. The number of rotatable bonds is 9. The van der Waals surface area contributed by atoms with Crippen molar-refractivity contribution in [3.05, 3.63) is 63.0 Å². The van der Waals surface area contributed by atoms with Crippen LogP contribution in [0.4, 0.5) is 0 Å². The molecule has 1 heterocycles. The Kier molecular flexibility index (Phi) is 7.90. The molecule has 3 heteroatoms. The van der Waals surface area contributed by atoms with Gasteiger partial charge >= 0.3 is 5.63 Å². The van der Waals surface area contributed by atoms with E-state index in [4.69, 9.17) is 9.15 Å². The van der Waals surface area contributed by atoms with Crippen molar-refractivity contribution in [2.24, 2.45) is 0 Å². The molecule has 0 amide bonds. The van der Waals surface area contributed by atoms with E-state index in [-0.39, 0.29) is 5.63 Å². The summed E-state index contributed by atoms with van der Waals surface area (Å²) in [5.74, 6) is 0.770. The number of benzene rings is 1. The molecular weight excluding hydrogens is 336 g/mol. The number of unbranched alkanes of at least 4 members (excludes halogenated alkanes) is 1. The van der Waals surface area contributed by atoms with Gasteiger partial charge in [0.25, 0.3) is 0 Å². The van der Waals surface area contributed by atoms with Crippen LogP contribution >= 0.6 is 0 Å². The van der Waals surface area contributed by atoms with E-state index in [1.54, 1.807) is 6.07 Å². The predicted molar refractivity (Wildman–Crippen MR) is 114 cm³/mol. The zero-order valence-electron chi connectivity index (χ0n) is 17.4. The molecule has 3 nitrogen and oxygen atoms in total. The van der Waals surface area contributed by atoms with Gasteiger partial charge in [0.1, 0.15) is 17.9 Å². The van der Waals surface area contributed by atoms with Crippen molar-refractivity contribution in [1.29, 1.82) is 0 Å². The first kappa shape index (κ1) is 21.0. The Morgan fingerprint density at radius 2 is 1.96 bits per heavy atom. The fourth-order valence-corrected chi connectivity index (χ4v) is 3.10. The molecule has 0 saturated heterocycles. The fourth-order valence-electron chi connectivity index (χ4n) is 3.10. The van der Waals surface area contributed by atoms with Crippen LogP contribution in [0.25, 0.3) is 11.0 Å². The first-order valence-electron chi connectivity index (χ1n) is 9.90. The molecule has 0 fully saturated rings. The van der Waals surface area contributed by atoms with Crippen molar-refractivity contribution in [1.82, 2.24) is 0 Å². The van der Waals surface area contributed by atoms with Gasteiger partial charge in [0, 0.05) is 17.0 Å². The minimum absolute atomic E-state index is 0.288. The SMILES string of the molecule is CCCCc1cc(=O)oc2c(C)c(OCC=C(C)CCC=C(C)C)ccc12. The van der Waals surface area contributed by atoms with Gasteiger partial charge in [0.2, 0.25) is 0 Å². The van der Waals surface area contributed by atoms with E-state index in [2.05, 4.69) is 39.8 Å². The molecule has 0 atom stereocenters. The van der Waals surface area contributed by atoms with Crippen molar-refractivity contribution >= 4 is 11.0 Å². The van der Waals surface area contributed by atoms with Crippen molar-refractivity contribution in [2.75, 3.05) is 6.61 Å². The van der Waals surface area contributed by atoms with Gasteiger partial charge in [-0.1, -0.05) is 30.6 Å². The van der Waals surface area contributed by atoms with Crippen molar-refractivity contribution < 1.29 is 9.15 Å². The maximum atomic E-state index is 12.0. The summed E-state index contributed by atoms with van der Waals surface area (Å²) in [6.07, 6.45) is 9.53. The Labute approximate surface area is 162 Å². The van der Waals surface area contributed by atoms with Gasteiger partial charge in [-0.3, -0.25) is 0 Å². The lowest BCUT2D eigenvalue weighted by molar-refractivity contribution is 0.358. The van der Waals surface area contributed by atoms with Crippen molar-refractivity contribution in [2.45, 2.75) is 66.7 Å². The van der Waals surface area contributed by atoms with Crippen LogP contribution in [0.3, 0.4) is 0 Å². The maximum absolute atomic E-state index is 12.0. The molecule has 1 aromatic carbocycles. The Balaban J connectivity index is 2.14. The highest BCUT2D eigenvalue weighted by atomic mass is 16.5. The lowest BCUT2D eigenvalue weighted by Crippen LogP contribution is -2.03. The zero-order valence-corrected chi connectivity index (χ0v) is 17.4. The highest BCUT2D eigenvalue weighted by Gasteiger charge is 2.11. The van der Waals surface area contributed by atoms with Gasteiger partial charge in [-0.05, 0) is 77.2 Å². The van der Waals surface area contributed by atoms with Gasteiger partial charge in [-0.15, -0.1) is 0 Å². The highest BCUT2D eigenvalue weighted by molar-refractivity contribution is 5.85. The van der Waals surface area contributed by atoms with E-state index in [0.717, 1.165) is 54.4 Å². The van der Waals surface area contributed by atoms with Crippen LogP contribution < -0.4 is 10.4 Å². The number of hydrogen-bond acceptors (Lipinski definition) is 3. The molecule has 0 saturated carbocycles. The first-order chi connectivity index (χ1) is 12.9. The van der Waals surface area contributed by atoms with E-state index in [9.17, 15) is 4.79 Å². The lowest BCUT2D eigenvalue weighted by Gasteiger charge is -2.11. The van der Waals surface area contributed by atoms with Crippen LogP contribution in [-0.2, 0) is 6.42 Å². The number of aryl methyl sites for hydroxylation is 2. The molecule has 0 N–H and O–H groups in total. The van der Waals surface area contributed by atoms with Crippen molar-refractivity contribution in [3.8, 4) is 5.75 Å². The summed E-state index contributed by atoms with van der Waals surface area (Å²) >= 11 is 0. The van der Waals surface area contributed by atoms with Crippen LogP contribution in [0.2, 0.25) is 0 Å². The summed E-state index contributed by atoms with van der Waals surface area (Å²) in [5.41, 5.74) is 4.98. The van der Waals surface area contributed by atoms with Crippen LogP contribution in [0.15, 0.2) is 50.7 Å². The zero-order chi connectivity index (χ0) is 19.8. The monoisotopic (exact) mass is 368 g/mol. The Morgan fingerprint density at radius 3 is 2.67 bits per heavy atom. The predicted octanol–water partition coefficient (Wildman–Crippen LogP) is 6.52. The van der Waals surface area contributed by atoms with Gasteiger partial charge < -0.3 is 9.15 Å². The molecule has 2 aromatic rings. The summed E-state index contributed by atoms with van der Waals surface area (Å²) in [7, 11) is 0. The minimum atomic E-state index is -0.288. The van der Waals surface area contributed by atoms with Crippen LogP contribution in [0, 0.1) is 6.92 Å². The standard InChI is InChI=1S/C24H32O3/c1-6-7-11-20-16-23(25)27-24-19(5)22(13-12-21(20)24)26-15-14-18(4)10-8-9-17(2)3/h9,12-14,16H,6-8,10-11,15H2,1-5H3. The van der Waals surface area contributed by atoms with Crippen LogP contribution in [0.1, 0.15) is 64.5 Å². The van der Waals surface area contributed by atoms with E-state index in [1.807, 2.05) is 19.1 Å². The quantitative estimate of drug-likeness (QED) is 0.374. The number of hydrogen-bond donors (Lipinski definition) is 0. The summed E-state index contributed by atoms with van der Waals surface area (Å²) in [5, 5.41) is 1.02. The molecule has 146 valence electrons. The molecule has 0 spiro atoms. The molecule has 1 aromatic heterocycles. The summed E-state index contributed by atoms with van der Waals surface area (Å²) in [6, 6.07) is 5.62. The van der Waals surface area contributed by atoms with Crippen molar-refractivity contribution in [3.63, 3.8) is 0 Å². The van der Waals surface area contributed by atoms with Crippen LogP contribution in [-0.4, -0.2) is 6.61 Å². The average molecular weight is 369 g/mol. The van der Waals surface area contributed by atoms with E-state index < -0.39 is 0 Å². The smallest absolute Gasteiger partial charge is 0.336 e. The Morgan fingerprint density at radius 1 is 1.19 bits per heavy atom. The van der Waals surface area contributed by atoms with Gasteiger partial charge in [-0.2, -0.15) is 0 Å². The second kappa shape index (κ2) is 10.1. The Bertz CT molecular complexity index is 880. The largest absolute Gasteiger partial charge is 0.489 e. The molecule has 0 aliphatic heterocycles. The lowest BCUT2D eigenvalue weighted by atomic mass is 10.0. The molecule has 0 aliphatic carbocycles. The van der Waals surface area contributed by atoms with Gasteiger partial charge in [0.05, 0.1) is 0 Å².